The number of halogens is 3. The van der Waals surface area contributed by atoms with Gasteiger partial charge in [-0.3, -0.25) is 14.5 Å². The quantitative estimate of drug-likeness (QED) is 0.835. The third-order valence-corrected chi connectivity index (χ3v) is 3.88. The number of rotatable bonds is 2. The second kappa shape index (κ2) is 5.47. The Morgan fingerprint density at radius 3 is 2.55 bits per heavy atom. The van der Waals surface area contributed by atoms with Crippen molar-refractivity contribution in [3.8, 4) is 0 Å². The molecule has 108 valence electrons. The molecule has 1 heterocycles. The number of nitrogens with zero attached hydrogens (tertiary/aromatic N) is 1. The molecule has 2 amide bonds. The van der Waals surface area contributed by atoms with Gasteiger partial charge in [-0.05, 0) is 35.3 Å². The van der Waals surface area contributed by atoms with Crippen molar-refractivity contribution in [2.75, 3.05) is 4.90 Å². The summed E-state index contributed by atoms with van der Waals surface area (Å²) in [4.78, 5) is 25.2. The molecule has 0 aliphatic carbocycles. The smallest absolute Gasteiger partial charge is 0.250 e. The fourth-order valence-electron chi connectivity index (χ4n) is 2.13. The number of carbonyl (C=O) groups is 2. The maximum atomic E-state index is 13.9. The standard InChI is InChI=1S/C13H13BrF2N2O2/c1-3-10-13(20)18(6(2)12(19)17-10)11-4-7(14)8(15)5-9(11)16/h4-6,10H,3H2,1-2H3,(H,17,19). The van der Waals surface area contributed by atoms with Crippen LogP contribution in [0, 0.1) is 11.6 Å². The number of hydrogen-bond acceptors (Lipinski definition) is 2. The zero-order valence-electron chi connectivity index (χ0n) is 10.9. The molecule has 1 fully saturated rings. The van der Waals surface area contributed by atoms with Gasteiger partial charge < -0.3 is 5.32 Å². The van der Waals surface area contributed by atoms with E-state index < -0.39 is 29.6 Å². The van der Waals surface area contributed by atoms with Crippen LogP contribution in [0.3, 0.4) is 0 Å². The first-order chi connectivity index (χ1) is 9.36. The first-order valence-electron chi connectivity index (χ1n) is 6.14. The number of hydrogen-bond donors (Lipinski definition) is 1. The summed E-state index contributed by atoms with van der Waals surface area (Å²) >= 11 is 2.95. The first kappa shape index (κ1) is 14.9. The van der Waals surface area contributed by atoms with Crippen molar-refractivity contribution < 1.29 is 18.4 Å². The van der Waals surface area contributed by atoms with E-state index in [9.17, 15) is 18.4 Å². The van der Waals surface area contributed by atoms with Crippen molar-refractivity contribution in [2.24, 2.45) is 0 Å². The van der Waals surface area contributed by atoms with Gasteiger partial charge in [0.05, 0.1) is 10.2 Å². The summed E-state index contributed by atoms with van der Waals surface area (Å²) in [5.41, 5.74) is -0.107. The van der Waals surface area contributed by atoms with Gasteiger partial charge in [0, 0.05) is 6.07 Å². The second-order valence-corrected chi connectivity index (χ2v) is 5.43. The van der Waals surface area contributed by atoms with E-state index in [0.717, 1.165) is 4.90 Å². The topological polar surface area (TPSA) is 49.4 Å². The highest BCUT2D eigenvalue weighted by Gasteiger charge is 2.39. The number of carbonyl (C=O) groups excluding carboxylic acids is 2. The van der Waals surface area contributed by atoms with Crippen molar-refractivity contribution in [1.82, 2.24) is 5.32 Å². The van der Waals surface area contributed by atoms with E-state index in [4.69, 9.17) is 0 Å². The molecule has 1 aliphatic rings. The molecule has 2 atom stereocenters. The van der Waals surface area contributed by atoms with E-state index in [2.05, 4.69) is 21.2 Å². The second-order valence-electron chi connectivity index (χ2n) is 4.57. The minimum absolute atomic E-state index is 0.0351. The highest BCUT2D eigenvalue weighted by Crippen LogP contribution is 2.30. The predicted octanol–water partition coefficient (Wildman–Crippen LogP) is 2.36. The molecule has 1 aromatic carbocycles. The Kier molecular flexibility index (Phi) is 4.08. The van der Waals surface area contributed by atoms with Crippen molar-refractivity contribution in [1.29, 1.82) is 0 Å². The number of benzene rings is 1. The summed E-state index contributed by atoms with van der Waals surface area (Å²) in [5, 5.41) is 2.57. The van der Waals surface area contributed by atoms with Crippen molar-refractivity contribution in [3.63, 3.8) is 0 Å². The zero-order valence-corrected chi connectivity index (χ0v) is 12.5. The summed E-state index contributed by atoms with van der Waals surface area (Å²) in [6, 6.07) is 0.316. The van der Waals surface area contributed by atoms with Crippen LogP contribution in [0.2, 0.25) is 0 Å². The van der Waals surface area contributed by atoms with Crippen molar-refractivity contribution in [2.45, 2.75) is 32.4 Å². The van der Waals surface area contributed by atoms with Gasteiger partial charge in [0.2, 0.25) is 11.8 Å². The Morgan fingerprint density at radius 2 is 1.95 bits per heavy atom. The molecule has 0 saturated carbocycles. The fourth-order valence-corrected chi connectivity index (χ4v) is 2.46. The lowest BCUT2D eigenvalue weighted by Crippen LogP contribution is -2.62. The Labute approximate surface area is 123 Å². The predicted molar refractivity (Wildman–Crippen MR) is 73.2 cm³/mol. The summed E-state index contributed by atoms with van der Waals surface area (Å²) in [5.74, 6) is -2.41. The van der Waals surface area contributed by atoms with E-state index in [1.165, 1.54) is 13.0 Å². The average Bonchev–Trinajstić information content (AvgIpc) is 2.40. The van der Waals surface area contributed by atoms with E-state index in [1.807, 2.05) is 0 Å². The monoisotopic (exact) mass is 346 g/mol. The fraction of sp³-hybridized carbons (Fsp3) is 0.385. The molecule has 1 N–H and O–H groups in total. The van der Waals surface area contributed by atoms with Gasteiger partial charge in [-0.1, -0.05) is 6.92 Å². The van der Waals surface area contributed by atoms with Gasteiger partial charge in [0.25, 0.3) is 0 Å². The molecule has 20 heavy (non-hydrogen) atoms. The van der Waals surface area contributed by atoms with Crippen LogP contribution in [0.5, 0.6) is 0 Å². The van der Waals surface area contributed by atoms with Gasteiger partial charge in [-0.2, -0.15) is 0 Å². The molecule has 2 rings (SSSR count). The van der Waals surface area contributed by atoms with E-state index >= 15 is 0 Å². The summed E-state index contributed by atoms with van der Waals surface area (Å²) < 4.78 is 27.2. The Balaban J connectivity index is 2.51. The lowest BCUT2D eigenvalue weighted by Gasteiger charge is -2.37. The van der Waals surface area contributed by atoms with Crippen LogP contribution < -0.4 is 10.2 Å². The Bertz CT molecular complexity index is 580. The molecule has 1 aliphatic heterocycles. The average molecular weight is 347 g/mol. The maximum Gasteiger partial charge on any atom is 0.250 e. The van der Waals surface area contributed by atoms with Gasteiger partial charge >= 0.3 is 0 Å². The SMILES string of the molecule is CCC1NC(=O)C(C)N(c2cc(Br)c(F)cc2F)C1=O. The number of piperazine rings is 1. The molecule has 0 spiro atoms. The molecule has 1 aromatic rings. The lowest BCUT2D eigenvalue weighted by molar-refractivity contribution is -0.133. The van der Waals surface area contributed by atoms with Crippen LogP contribution in [0.25, 0.3) is 0 Å². The number of nitrogens with one attached hydrogen (secondary N) is 1. The molecule has 1 saturated heterocycles. The lowest BCUT2D eigenvalue weighted by atomic mass is 10.0. The first-order valence-corrected chi connectivity index (χ1v) is 6.94. The summed E-state index contributed by atoms with van der Waals surface area (Å²) in [6.45, 7) is 3.24. The zero-order chi connectivity index (χ0) is 15.0. The molecule has 7 heteroatoms. The highest BCUT2D eigenvalue weighted by molar-refractivity contribution is 9.10. The van der Waals surface area contributed by atoms with Crippen LogP contribution in [0.4, 0.5) is 14.5 Å². The number of anilines is 1. The number of amides is 2. The van der Waals surface area contributed by atoms with E-state index in [1.54, 1.807) is 6.92 Å². The van der Waals surface area contributed by atoms with Gasteiger partial charge in [0.1, 0.15) is 23.7 Å². The minimum Gasteiger partial charge on any atom is -0.343 e. The van der Waals surface area contributed by atoms with Crippen LogP contribution in [0.1, 0.15) is 20.3 Å². The Morgan fingerprint density at radius 1 is 1.30 bits per heavy atom. The normalized spacial score (nSPS) is 22.9. The molecule has 0 radical (unpaired) electrons. The highest BCUT2D eigenvalue weighted by atomic mass is 79.9. The van der Waals surface area contributed by atoms with Crippen LogP contribution in [0.15, 0.2) is 16.6 Å². The van der Waals surface area contributed by atoms with Crippen LogP contribution in [-0.4, -0.2) is 23.9 Å². The summed E-state index contributed by atoms with van der Waals surface area (Å²) in [6.07, 6.45) is 0.401. The molecular weight excluding hydrogens is 334 g/mol. The maximum absolute atomic E-state index is 13.9. The van der Waals surface area contributed by atoms with E-state index in [0.29, 0.717) is 12.5 Å². The Hall–Kier alpha value is -1.50. The molecular formula is C13H13BrF2N2O2. The van der Waals surface area contributed by atoms with Gasteiger partial charge in [-0.25, -0.2) is 8.78 Å². The molecule has 0 aromatic heterocycles. The van der Waals surface area contributed by atoms with Crippen molar-refractivity contribution >= 4 is 33.4 Å². The van der Waals surface area contributed by atoms with Gasteiger partial charge in [0.15, 0.2) is 0 Å². The van der Waals surface area contributed by atoms with Crippen LogP contribution in [-0.2, 0) is 9.59 Å². The molecule has 0 bridgehead atoms. The molecule has 4 nitrogen and oxygen atoms in total. The largest absolute Gasteiger partial charge is 0.343 e. The minimum atomic E-state index is -0.879. The summed E-state index contributed by atoms with van der Waals surface area (Å²) in [7, 11) is 0. The van der Waals surface area contributed by atoms with E-state index in [-0.39, 0.29) is 16.1 Å². The third-order valence-electron chi connectivity index (χ3n) is 3.28. The van der Waals surface area contributed by atoms with Crippen LogP contribution >= 0.6 is 15.9 Å². The third kappa shape index (κ3) is 2.42. The van der Waals surface area contributed by atoms with Gasteiger partial charge in [-0.15, -0.1) is 0 Å². The van der Waals surface area contributed by atoms with Crippen molar-refractivity contribution in [3.05, 3.63) is 28.2 Å². The molecule has 2 unspecified atom stereocenters.